The van der Waals surface area contributed by atoms with Crippen molar-refractivity contribution in [3.63, 3.8) is 0 Å². The first-order valence-corrected chi connectivity index (χ1v) is 6.39. The second-order valence-corrected chi connectivity index (χ2v) is 5.71. The third-order valence-electron chi connectivity index (χ3n) is 3.02. The number of halogens is 1. The zero-order valence-electron chi connectivity index (χ0n) is 10.0. The number of hydrogen-bond donors (Lipinski definition) is 0. The molecule has 0 bridgehead atoms. The van der Waals surface area contributed by atoms with Crippen LogP contribution in [0.2, 0.25) is 0 Å². The van der Waals surface area contributed by atoms with E-state index in [0.717, 1.165) is 16.7 Å². The van der Waals surface area contributed by atoms with Gasteiger partial charge >= 0.3 is 0 Å². The van der Waals surface area contributed by atoms with Crippen molar-refractivity contribution in [2.24, 2.45) is 0 Å². The molecule has 0 radical (unpaired) electrons. The van der Waals surface area contributed by atoms with Crippen LogP contribution in [-0.2, 0) is 4.74 Å². The van der Waals surface area contributed by atoms with E-state index >= 15 is 0 Å². The van der Waals surface area contributed by atoms with E-state index in [1.807, 2.05) is 18.2 Å². The van der Waals surface area contributed by atoms with Gasteiger partial charge in [-0.3, -0.25) is 0 Å². The first-order valence-electron chi connectivity index (χ1n) is 5.59. The first-order chi connectivity index (χ1) is 8.04. The number of benzene rings is 1. The number of nitrogens with zero attached hydrogens (tertiary/aromatic N) is 2. The highest BCUT2D eigenvalue weighted by atomic mass is 79.9. The summed E-state index contributed by atoms with van der Waals surface area (Å²) < 4.78 is 6.43. The summed E-state index contributed by atoms with van der Waals surface area (Å²) in [5.74, 6) is 0. The van der Waals surface area contributed by atoms with Gasteiger partial charge in [0, 0.05) is 11.0 Å². The molecule has 0 atom stereocenters. The molecule has 1 aliphatic rings. The predicted molar refractivity (Wildman–Crippen MR) is 71.1 cm³/mol. The summed E-state index contributed by atoms with van der Waals surface area (Å²) in [5, 5.41) is 9.21. The number of rotatable bonds is 1. The number of nitriles is 1. The van der Waals surface area contributed by atoms with Gasteiger partial charge in [0.05, 0.1) is 30.0 Å². The van der Waals surface area contributed by atoms with Crippen molar-refractivity contribution >= 4 is 21.6 Å². The van der Waals surface area contributed by atoms with Gasteiger partial charge in [-0.1, -0.05) is 15.9 Å². The average Bonchev–Trinajstić information content (AvgIpc) is 2.29. The monoisotopic (exact) mass is 294 g/mol. The van der Waals surface area contributed by atoms with Crippen molar-refractivity contribution in [3.8, 4) is 6.07 Å². The molecule has 4 heteroatoms. The van der Waals surface area contributed by atoms with Gasteiger partial charge in [-0.2, -0.15) is 5.26 Å². The van der Waals surface area contributed by atoms with Gasteiger partial charge in [0.2, 0.25) is 0 Å². The maximum atomic E-state index is 9.21. The molecule has 0 aromatic heterocycles. The molecular weight excluding hydrogens is 280 g/mol. The lowest BCUT2D eigenvalue weighted by Crippen LogP contribution is -2.53. The van der Waals surface area contributed by atoms with Crippen LogP contribution in [0.4, 0.5) is 5.69 Å². The van der Waals surface area contributed by atoms with E-state index < -0.39 is 0 Å². The van der Waals surface area contributed by atoms with Crippen LogP contribution in [0.1, 0.15) is 19.4 Å². The lowest BCUT2D eigenvalue weighted by atomic mass is 10.00. The Morgan fingerprint density at radius 1 is 1.47 bits per heavy atom. The van der Waals surface area contributed by atoms with Crippen molar-refractivity contribution in [3.05, 3.63) is 28.2 Å². The second-order valence-electron chi connectivity index (χ2n) is 4.79. The van der Waals surface area contributed by atoms with Crippen LogP contribution in [0.5, 0.6) is 0 Å². The maximum absolute atomic E-state index is 9.21. The van der Waals surface area contributed by atoms with E-state index in [2.05, 4.69) is 40.7 Å². The zero-order chi connectivity index (χ0) is 12.5. The lowest BCUT2D eigenvalue weighted by Gasteiger charge is -2.44. The molecule has 3 nitrogen and oxygen atoms in total. The number of morpholine rings is 1. The van der Waals surface area contributed by atoms with Gasteiger partial charge in [0.1, 0.15) is 6.07 Å². The molecule has 1 heterocycles. The summed E-state index contributed by atoms with van der Waals surface area (Å²) in [6, 6.07) is 8.09. The van der Waals surface area contributed by atoms with Gasteiger partial charge in [-0.05, 0) is 32.0 Å². The molecule has 0 amide bonds. The lowest BCUT2D eigenvalue weighted by molar-refractivity contribution is 0.0644. The van der Waals surface area contributed by atoms with Crippen molar-refractivity contribution < 1.29 is 4.74 Å². The van der Waals surface area contributed by atoms with Gasteiger partial charge in [0.25, 0.3) is 0 Å². The van der Waals surface area contributed by atoms with Crippen molar-refractivity contribution in [2.45, 2.75) is 19.4 Å². The molecule has 0 saturated carbocycles. The van der Waals surface area contributed by atoms with Crippen molar-refractivity contribution in [1.82, 2.24) is 0 Å². The minimum absolute atomic E-state index is 0.0717. The minimum atomic E-state index is -0.0717. The van der Waals surface area contributed by atoms with E-state index in [9.17, 15) is 5.26 Å². The summed E-state index contributed by atoms with van der Waals surface area (Å²) in [5.41, 5.74) is 1.62. The molecule has 0 N–H and O–H groups in total. The summed E-state index contributed by atoms with van der Waals surface area (Å²) >= 11 is 3.40. The predicted octanol–water partition coefficient (Wildman–Crippen LogP) is 2.94. The largest absolute Gasteiger partial charge is 0.377 e. The second kappa shape index (κ2) is 4.67. The number of hydrogen-bond acceptors (Lipinski definition) is 3. The van der Waals surface area contributed by atoms with E-state index in [-0.39, 0.29) is 5.54 Å². The molecule has 1 aromatic carbocycles. The molecule has 2 rings (SSSR count). The molecule has 1 aromatic rings. The molecule has 0 spiro atoms. The number of ether oxygens (including phenoxy) is 1. The Balaban J connectivity index is 2.42. The highest BCUT2D eigenvalue weighted by molar-refractivity contribution is 9.10. The fourth-order valence-corrected chi connectivity index (χ4v) is 2.50. The molecule has 1 aliphatic heterocycles. The third kappa shape index (κ3) is 2.46. The molecule has 90 valence electrons. The van der Waals surface area contributed by atoms with Gasteiger partial charge in [0.15, 0.2) is 0 Å². The van der Waals surface area contributed by atoms with Gasteiger partial charge in [-0.15, -0.1) is 0 Å². The zero-order valence-corrected chi connectivity index (χ0v) is 11.6. The van der Waals surface area contributed by atoms with Crippen LogP contribution < -0.4 is 4.90 Å². The van der Waals surface area contributed by atoms with Crippen LogP contribution >= 0.6 is 15.9 Å². The molecular formula is C13H15BrN2O. The van der Waals surface area contributed by atoms with Crippen LogP contribution in [0.25, 0.3) is 0 Å². The van der Waals surface area contributed by atoms with Crippen LogP contribution in [0.3, 0.4) is 0 Å². The normalized spacial score (nSPS) is 18.8. The first kappa shape index (κ1) is 12.4. The number of anilines is 1. The van der Waals surface area contributed by atoms with Crippen LogP contribution in [0, 0.1) is 11.3 Å². The van der Waals surface area contributed by atoms with E-state index in [1.54, 1.807) is 0 Å². The molecule has 0 unspecified atom stereocenters. The molecule has 1 fully saturated rings. The third-order valence-corrected chi connectivity index (χ3v) is 3.51. The Labute approximate surface area is 110 Å². The smallest absolute Gasteiger partial charge is 0.101 e. The van der Waals surface area contributed by atoms with E-state index in [4.69, 9.17) is 4.74 Å². The van der Waals surface area contributed by atoms with Gasteiger partial charge < -0.3 is 9.64 Å². The summed E-state index contributed by atoms with van der Waals surface area (Å²) in [6.45, 7) is 6.49. The minimum Gasteiger partial charge on any atom is -0.377 e. The fourth-order valence-electron chi connectivity index (χ4n) is 2.14. The van der Waals surface area contributed by atoms with Crippen molar-refractivity contribution in [2.75, 3.05) is 24.7 Å². The van der Waals surface area contributed by atoms with Crippen LogP contribution in [0.15, 0.2) is 22.7 Å². The standard InChI is InChI=1S/C13H15BrN2O/c1-13(2)9-17-6-5-16(13)12-4-3-11(14)7-10(12)8-15/h3-4,7H,5-6,9H2,1-2H3. The van der Waals surface area contributed by atoms with Crippen LogP contribution in [-0.4, -0.2) is 25.3 Å². The molecule has 0 aliphatic carbocycles. The summed E-state index contributed by atoms with van der Waals surface area (Å²) in [6.07, 6.45) is 0. The average molecular weight is 295 g/mol. The molecule has 17 heavy (non-hydrogen) atoms. The van der Waals surface area contributed by atoms with Crippen molar-refractivity contribution in [1.29, 1.82) is 5.26 Å². The van der Waals surface area contributed by atoms with E-state index in [1.165, 1.54) is 0 Å². The maximum Gasteiger partial charge on any atom is 0.101 e. The SMILES string of the molecule is CC1(C)COCCN1c1ccc(Br)cc1C#N. The highest BCUT2D eigenvalue weighted by Crippen LogP contribution is 2.31. The molecule has 1 saturated heterocycles. The Hall–Kier alpha value is -1.05. The van der Waals surface area contributed by atoms with E-state index in [0.29, 0.717) is 18.8 Å². The summed E-state index contributed by atoms with van der Waals surface area (Å²) in [4.78, 5) is 2.25. The van der Waals surface area contributed by atoms with Gasteiger partial charge in [-0.25, -0.2) is 0 Å². The fraction of sp³-hybridized carbons (Fsp3) is 0.462. The highest BCUT2D eigenvalue weighted by Gasteiger charge is 2.31. The topological polar surface area (TPSA) is 36.3 Å². The summed E-state index contributed by atoms with van der Waals surface area (Å²) in [7, 11) is 0. The Kier molecular flexibility index (Phi) is 3.41. The Bertz CT molecular complexity index is 465. The Morgan fingerprint density at radius 3 is 2.88 bits per heavy atom. The Morgan fingerprint density at radius 2 is 2.24 bits per heavy atom. The quantitative estimate of drug-likeness (QED) is 0.799.